The van der Waals surface area contributed by atoms with E-state index < -0.39 is 7.29 Å². The van der Waals surface area contributed by atoms with Crippen LogP contribution in [0.15, 0.2) is 103 Å². The van der Waals surface area contributed by atoms with Crippen molar-refractivity contribution >= 4 is 41.8 Å². The Hall–Kier alpha value is -3.18. The molecule has 1 aliphatic heterocycles. The van der Waals surface area contributed by atoms with Gasteiger partial charge in [0.25, 0.3) is 0 Å². The summed E-state index contributed by atoms with van der Waals surface area (Å²) >= 11 is 5.32. The van der Waals surface area contributed by atoms with Crippen LogP contribution in [0.25, 0.3) is 11.5 Å². The van der Waals surface area contributed by atoms with Gasteiger partial charge >= 0.3 is 0 Å². The van der Waals surface area contributed by atoms with Gasteiger partial charge in [-0.2, -0.15) is 5.20 Å². The van der Waals surface area contributed by atoms with Crippen LogP contribution in [-0.2, 0) is 9.30 Å². The molecule has 7 heteroatoms. The molecule has 0 radical (unpaired) electrons. The Morgan fingerprint density at radius 3 is 1.70 bits per heavy atom. The summed E-state index contributed by atoms with van der Waals surface area (Å²) in [7, 11) is -3.15. The van der Waals surface area contributed by atoms with E-state index in [2.05, 4.69) is 15.9 Å². The van der Waals surface area contributed by atoms with Crippen LogP contribution in [0.3, 0.4) is 0 Å². The van der Waals surface area contributed by atoms with Crippen molar-refractivity contribution < 1.29 is 9.30 Å². The molecule has 0 saturated carbocycles. The van der Waals surface area contributed by atoms with Crippen LogP contribution in [-0.4, -0.2) is 5.11 Å². The van der Waals surface area contributed by atoms with Crippen LogP contribution in [0.5, 0.6) is 0 Å². The van der Waals surface area contributed by atoms with Gasteiger partial charge in [-0.05, 0) is 24.4 Å². The number of ether oxygens (including phenoxy) is 1. The van der Waals surface area contributed by atoms with Crippen molar-refractivity contribution in [1.82, 2.24) is 10.6 Å². The first-order valence-electron chi connectivity index (χ1n) is 9.34. The molecule has 1 heterocycles. The monoisotopic (exact) mass is 433 g/mol. The van der Waals surface area contributed by atoms with Gasteiger partial charge in [-0.15, -0.1) is 0 Å². The van der Waals surface area contributed by atoms with Gasteiger partial charge in [-0.25, -0.2) is 0 Å². The highest BCUT2D eigenvalue weighted by Crippen LogP contribution is 2.52. The van der Waals surface area contributed by atoms with Crippen LogP contribution in [0.4, 0.5) is 5.69 Å². The highest BCUT2D eigenvalue weighted by atomic mass is 32.1. The van der Waals surface area contributed by atoms with E-state index in [9.17, 15) is 4.57 Å². The lowest BCUT2D eigenvalue weighted by Gasteiger charge is -2.24. The minimum absolute atomic E-state index is 0.312. The summed E-state index contributed by atoms with van der Waals surface area (Å²) in [5, 5.41) is 6.25. The maximum absolute atomic E-state index is 13.7. The van der Waals surface area contributed by atoms with Crippen LogP contribution < -0.4 is 15.9 Å². The molecule has 1 aliphatic rings. The molecule has 150 valence electrons. The summed E-state index contributed by atoms with van der Waals surface area (Å²) < 4.78 is 19.8. The first kappa shape index (κ1) is 20.1. The van der Waals surface area contributed by atoms with Gasteiger partial charge in [0.1, 0.15) is 11.5 Å². The molecule has 0 atom stereocenters. The first-order valence-corrected chi connectivity index (χ1v) is 11.6. The average molecular weight is 433 g/mol. The van der Waals surface area contributed by atoms with E-state index in [1.165, 1.54) is 0 Å². The third kappa shape index (κ3) is 5.05. The fourth-order valence-electron chi connectivity index (χ4n) is 2.92. The minimum atomic E-state index is -3.15. The van der Waals surface area contributed by atoms with E-state index in [4.69, 9.17) is 17.0 Å². The van der Waals surface area contributed by atoms with Gasteiger partial charge in [-0.3, -0.25) is 9.99 Å². The largest absolute Gasteiger partial charge is 0.456 e. The minimum Gasteiger partial charge on any atom is -0.456 e. The molecular weight excluding hydrogens is 413 g/mol. The summed E-state index contributed by atoms with van der Waals surface area (Å²) in [5.74, 6) is 4.26. The van der Waals surface area contributed by atoms with Crippen molar-refractivity contribution in [2.45, 2.75) is 0 Å². The standard InChI is InChI=1S/C23H20N3O2PS/c27-29(26-25-23(30)24-20-14-8-3-9-15-20)16-21(18-10-4-1-5-11-18)28-22(17-29)19-12-6-2-7-13-19/h1-17H,(H,26,27)(H2,24,25,30). The average Bonchev–Trinajstić information content (AvgIpc) is 2.79. The number of thiocarbonyl (C=S) groups is 1. The zero-order chi connectivity index (χ0) is 20.8. The molecule has 0 fully saturated rings. The molecule has 3 aromatic rings. The van der Waals surface area contributed by atoms with E-state index in [-0.39, 0.29) is 0 Å². The van der Waals surface area contributed by atoms with E-state index in [1.807, 2.05) is 91.0 Å². The third-order valence-corrected chi connectivity index (χ3v) is 6.23. The number of hydrazine groups is 1. The Labute approximate surface area is 180 Å². The summed E-state index contributed by atoms with van der Waals surface area (Å²) in [4.78, 5) is 0. The number of anilines is 1. The SMILES string of the molecule is O=P1(NNC(=S)Nc2ccccc2)C=C(c2ccccc2)OC(c2ccccc2)=C1. The molecule has 4 rings (SSSR count). The predicted octanol–water partition coefficient (Wildman–Crippen LogP) is 5.78. The van der Waals surface area contributed by atoms with Crippen LogP contribution >= 0.6 is 19.5 Å². The fraction of sp³-hybridized carbons (Fsp3) is 0. The topological polar surface area (TPSA) is 62.4 Å². The Bertz CT molecular complexity index is 1070. The summed E-state index contributed by atoms with van der Waals surface area (Å²) in [5.41, 5.74) is 5.36. The highest BCUT2D eigenvalue weighted by molar-refractivity contribution is 7.80. The van der Waals surface area contributed by atoms with Crippen molar-refractivity contribution in [1.29, 1.82) is 0 Å². The lowest BCUT2D eigenvalue weighted by atomic mass is 10.2. The Balaban J connectivity index is 1.58. The molecule has 0 spiro atoms. The number of hydrogen-bond donors (Lipinski definition) is 3. The van der Waals surface area contributed by atoms with Crippen molar-refractivity contribution in [2.24, 2.45) is 0 Å². The number of benzene rings is 3. The number of rotatable bonds is 5. The Morgan fingerprint density at radius 2 is 1.20 bits per heavy atom. The summed E-state index contributed by atoms with van der Waals surface area (Å²) in [6.45, 7) is 0. The molecule has 0 bridgehead atoms. The van der Waals surface area contributed by atoms with Crippen LogP contribution in [0.1, 0.15) is 11.1 Å². The lowest BCUT2D eigenvalue weighted by Crippen LogP contribution is -2.37. The molecular formula is C23H20N3O2PS. The molecule has 5 nitrogen and oxygen atoms in total. The van der Waals surface area contributed by atoms with E-state index in [1.54, 1.807) is 11.6 Å². The molecule has 0 saturated heterocycles. The maximum atomic E-state index is 13.7. The zero-order valence-electron chi connectivity index (χ0n) is 16.0. The van der Waals surface area contributed by atoms with E-state index >= 15 is 0 Å². The number of para-hydroxylation sites is 1. The van der Waals surface area contributed by atoms with Gasteiger partial charge in [0.15, 0.2) is 5.11 Å². The Morgan fingerprint density at radius 1 is 0.733 bits per heavy atom. The second-order valence-corrected chi connectivity index (χ2v) is 9.15. The van der Waals surface area contributed by atoms with Gasteiger partial charge in [0.2, 0.25) is 7.29 Å². The molecule has 0 amide bonds. The Kier molecular flexibility index (Phi) is 6.10. The normalized spacial score (nSPS) is 14.7. The lowest BCUT2D eigenvalue weighted by molar-refractivity contribution is 0.468. The molecule has 3 N–H and O–H groups in total. The molecule has 0 aliphatic carbocycles. The molecule has 3 aromatic carbocycles. The van der Waals surface area contributed by atoms with Crippen molar-refractivity contribution in [3.63, 3.8) is 0 Å². The number of hydrogen-bond acceptors (Lipinski definition) is 3. The highest BCUT2D eigenvalue weighted by Gasteiger charge is 2.27. The van der Waals surface area contributed by atoms with Crippen molar-refractivity contribution in [2.75, 3.05) is 5.32 Å². The number of nitrogens with one attached hydrogen (secondary N) is 3. The van der Waals surface area contributed by atoms with E-state index in [0.717, 1.165) is 16.8 Å². The summed E-state index contributed by atoms with van der Waals surface area (Å²) in [6.07, 6.45) is 0. The smallest absolute Gasteiger partial charge is 0.215 e. The van der Waals surface area contributed by atoms with Crippen molar-refractivity contribution in [3.8, 4) is 0 Å². The summed E-state index contributed by atoms with van der Waals surface area (Å²) in [6, 6.07) is 28.7. The van der Waals surface area contributed by atoms with Gasteiger partial charge in [-0.1, -0.05) is 78.9 Å². The second-order valence-electron chi connectivity index (χ2n) is 6.59. The molecule has 30 heavy (non-hydrogen) atoms. The predicted molar refractivity (Wildman–Crippen MR) is 126 cm³/mol. The second kappa shape index (κ2) is 9.09. The fourth-order valence-corrected chi connectivity index (χ4v) is 4.75. The quantitative estimate of drug-likeness (QED) is 0.269. The van der Waals surface area contributed by atoms with Crippen LogP contribution in [0, 0.1) is 0 Å². The zero-order valence-corrected chi connectivity index (χ0v) is 17.7. The molecule has 0 aromatic heterocycles. The van der Waals surface area contributed by atoms with Gasteiger partial charge in [0, 0.05) is 28.4 Å². The van der Waals surface area contributed by atoms with Crippen LogP contribution in [0.2, 0.25) is 0 Å². The van der Waals surface area contributed by atoms with Gasteiger partial charge in [0.05, 0.1) is 0 Å². The van der Waals surface area contributed by atoms with Crippen molar-refractivity contribution in [3.05, 3.63) is 114 Å². The molecule has 0 unspecified atom stereocenters. The van der Waals surface area contributed by atoms with Gasteiger partial charge < -0.3 is 10.1 Å². The first-order chi connectivity index (χ1) is 14.6. The third-order valence-electron chi connectivity index (χ3n) is 4.33. The van der Waals surface area contributed by atoms with E-state index in [0.29, 0.717) is 16.6 Å². The maximum Gasteiger partial charge on any atom is 0.215 e.